The second-order valence-corrected chi connectivity index (χ2v) is 3.24. The van der Waals surface area contributed by atoms with Gasteiger partial charge in [-0.25, -0.2) is 14.5 Å². The molecule has 0 saturated carbocycles. The van der Waals surface area contributed by atoms with Gasteiger partial charge in [0.05, 0.1) is 10.7 Å². The molecule has 0 aliphatic rings. The third-order valence-electron chi connectivity index (χ3n) is 1.59. The van der Waals surface area contributed by atoms with Gasteiger partial charge in [0.1, 0.15) is 12.2 Å². The standard InChI is InChI=1S/C7H7BrN4/c1-2-6-9-4-12-7(11-6)5(8)3-10-12/h3-4H,2H2,1H3. The molecule has 2 rings (SSSR count). The van der Waals surface area contributed by atoms with E-state index >= 15 is 0 Å². The molecular formula is C7H7BrN4. The van der Waals surface area contributed by atoms with E-state index in [-0.39, 0.29) is 0 Å². The topological polar surface area (TPSA) is 43.1 Å². The zero-order chi connectivity index (χ0) is 8.55. The fourth-order valence-electron chi connectivity index (χ4n) is 0.967. The number of hydrogen-bond donors (Lipinski definition) is 0. The molecule has 12 heavy (non-hydrogen) atoms. The first-order valence-electron chi connectivity index (χ1n) is 3.66. The van der Waals surface area contributed by atoms with Crippen LogP contribution < -0.4 is 0 Å². The summed E-state index contributed by atoms with van der Waals surface area (Å²) in [4.78, 5) is 8.40. The van der Waals surface area contributed by atoms with Crippen LogP contribution in [-0.2, 0) is 6.42 Å². The highest BCUT2D eigenvalue weighted by Crippen LogP contribution is 2.13. The smallest absolute Gasteiger partial charge is 0.173 e. The summed E-state index contributed by atoms with van der Waals surface area (Å²) in [5.74, 6) is 0.837. The van der Waals surface area contributed by atoms with Crippen molar-refractivity contribution in [1.29, 1.82) is 0 Å². The Morgan fingerprint density at radius 3 is 3.17 bits per heavy atom. The van der Waals surface area contributed by atoms with E-state index in [4.69, 9.17) is 0 Å². The average molecular weight is 227 g/mol. The van der Waals surface area contributed by atoms with Gasteiger partial charge in [0.15, 0.2) is 5.65 Å². The van der Waals surface area contributed by atoms with Crippen LogP contribution in [0, 0.1) is 0 Å². The number of aromatic nitrogens is 4. The van der Waals surface area contributed by atoms with E-state index in [0.29, 0.717) is 0 Å². The number of rotatable bonds is 1. The number of aryl methyl sites for hydroxylation is 1. The first-order valence-corrected chi connectivity index (χ1v) is 4.45. The van der Waals surface area contributed by atoms with Gasteiger partial charge in [0.2, 0.25) is 0 Å². The summed E-state index contributed by atoms with van der Waals surface area (Å²) in [6.45, 7) is 2.02. The van der Waals surface area contributed by atoms with Crippen molar-refractivity contribution in [3.8, 4) is 0 Å². The Morgan fingerprint density at radius 1 is 1.58 bits per heavy atom. The molecule has 0 amide bonds. The fourth-order valence-corrected chi connectivity index (χ4v) is 1.33. The number of fused-ring (bicyclic) bond motifs is 1. The van der Waals surface area contributed by atoms with E-state index in [9.17, 15) is 0 Å². The molecule has 0 aliphatic carbocycles. The molecule has 0 atom stereocenters. The summed E-state index contributed by atoms with van der Waals surface area (Å²) in [5.41, 5.74) is 0.821. The molecule has 0 saturated heterocycles. The summed E-state index contributed by atoms with van der Waals surface area (Å²) < 4.78 is 2.54. The zero-order valence-electron chi connectivity index (χ0n) is 6.53. The maximum atomic E-state index is 4.30. The maximum Gasteiger partial charge on any atom is 0.173 e. The van der Waals surface area contributed by atoms with E-state index in [1.165, 1.54) is 0 Å². The predicted molar refractivity (Wildman–Crippen MR) is 47.9 cm³/mol. The lowest BCUT2D eigenvalue weighted by atomic mass is 10.4. The molecule has 0 fully saturated rings. The van der Waals surface area contributed by atoms with Crippen LogP contribution in [-0.4, -0.2) is 19.6 Å². The van der Waals surface area contributed by atoms with Gasteiger partial charge in [-0.3, -0.25) is 0 Å². The van der Waals surface area contributed by atoms with E-state index < -0.39 is 0 Å². The van der Waals surface area contributed by atoms with Gasteiger partial charge in [-0.1, -0.05) is 6.92 Å². The molecular weight excluding hydrogens is 220 g/mol. The minimum atomic E-state index is 0.821. The lowest BCUT2D eigenvalue weighted by Gasteiger charge is -1.95. The Morgan fingerprint density at radius 2 is 2.42 bits per heavy atom. The molecule has 62 valence electrons. The Bertz CT molecular complexity index is 409. The highest BCUT2D eigenvalue weighted by molar-refractivity contribution is 9.10. The van der Waals surface area contributed by atoms with Crippen LogP contribution in [0.25, 0.3) is 5.65 Å². The second-order valence-electron chi connectivity index (χ2n) is 2.39. The predicted octanol–water partition coefficient (Wildman–Crippen LogP) is 1.45. The fraction of sp³-hybridized carbons (Fsp3) is 0.286. The van der Waals surface area contributed by atoms with Crippen LogP contribution in [0.5, 0.6) is 0 Å². The second kappa shape index (κ2) is 2.82. The minimum absolute atomic E-state index is 0.821. The van der Waals surface area contributed by atoms with Crippen LogP contribution in [0.4, 0.5) is 0 Å². The minimum Gasteiger partial charge on any atom is -0.221 e. The Balaban J connectivity index is 2.71. The average Bonchev–Trinajstić information content (AvgIpc) is 2.47. The molecule has 2 aromatic heterocycles. The molecule has 0 unspecified atom stereocenters. The summed E-state index contributed by atoms with van der Waals surface area (Å²) in [7, 11) is 0. The number of halogens is 1. The van der Waals surface area contributed by atoms with Crippen molar-refractivity contribution in [3.63, 3.8) is 0 Å². The van der Waals surface area contributed by atoms with Crippen LogP contribution in [0.2, 0.25) is 0 Å². The lowest BCUT2D eigenvalue weighted by molar-refractivity contribution is 0.839. The van der Waals surface area contributed by atoms with E-state index in [1.54, 1.807) is 17.0 Å². The van der Waals surface area contributed by atoms with Gasteiger partial charge < -0.3 is 0 Å². The monoisotopic (exact) mass is 226 g/mol. The van der Waals surface area contributed by atoms with Crippen molar-refractivity contribution in [3.05, 3.63) is 22.8 Å². The Labute approximate surface area is 77.8 Å². The van der Waals surface area contributed by atoms with Gasteiger partial charge in [-0.15, -0.1) is 0 Å². The van der Waals surface area contributed by atoms with Crippen molar-refractivity contribution in [2.45, 2.75) is 13.3 Å². The summed E-state index contributed by atoms with van der Waals surface area (Å²) in [5, 5.41) is 4.04. The highest BCUT2D eigenvalue weighted by Gasteiger charge is 2.02. The molecule has 4 nitrogen and oxygen atoms in total. The SMILES string of the molecule is CCc1ncn2ncc(Br)c2n1. The van der Waals surface area contributed by atoms with E-state index in [1.807, 2.05) is 6.92 Å². The van der Waals surface area contributed by atoms with E-state index in [0.717, 1.165) is 22.4 Å². The Hall–Kier alpha value is -0.970. The molecule has 2 aromatic rings. The molecule has 0 radical (unpaired) electrons. The summed E-state index contributed by atoms with van der Waals surface area (Å²) >= 11 is 3.36. The van der Waals surface area contributed by atoms with Crippen LogP contribution >= 0.6 is 15.9 Å². The van der Waals surface area contributed by atoms with Crippen LogP contribution in [0.1, 0.15) is 12.7 Å². The largest absolute Gasteiger partial charge is 0.221 e. The van der Waals surface area contributed by atoms with Crippen molar-refractivity contribution < 1.29 is 0 Å². The molecule has 0 bridgehead atoms. The van der Waals surface area contributed by atoms with Crippen molar-refractivity contribution in [2.24, 2.45) is 0 Å². The van der Waals surface area contributed by atoms with Gasteiger partial charge in [0.25, 0.3) is 0 Å². The summed E-state index contributed by atoms with van der Waals surface area (Å²) in [6.07, 6.45) is 4.23. The Kier molecular flexibility index (Phi) is 1.80. The van der Waals surface area contributed by atoms with Gasteiger partial charge in [-0.2, -0.15) is 5.10 Å². The number of nitrogens with zero attached hydrogens (tertiary/aromatic N) is 4. The molecule has 2 heterocycles. The zero-order valence-corrected chi connectivity index (χ0v) is 8.11. The van der Waals surface area contributed by atoms with E-state index in [2.05, 4.69) is 31.0 Å². The van der Waals surface area contributed by atoms with Crippen molar-refractivity contribution in [2.75, 3.05) is 0 Å². The van der Waals surface area contributed by atoms with Gasteiger partial charge >= 0.3 is 0 Å². The molecule has 0 aromatic carbocycles. The van der Waals surface area contributed by atoms with Gasteiger partial charge in [-0.05, 0) is 15.9 Å². The quantitative estimate of drug-likeness (QED) is 0.740. The highest BCUT2D eigenvalue weighted by atomic mass is 79.9. The third kappa shape index (κ3) is 1.10. The third-order valence-corrected chi connectivity index (χ3v) is 2.15. The molecule has 0 spiro atoms. The number of hydrogen-bond acceptors (Lipinski definition) is 3. The summed E-state index contributed by atoms with van der Waals surface area (Å²) in [6, 6.07) is 0. The maximum absolute atomic E-state index is 4.30. The molecule has 0 N–H and O–H groups in total. The lowest BCUT2D eigenvalue weighted by Crippen LogP contribution is -1.97. The first kappa shape index (κ1) is 7.67. The molecule has 0 aliphatic heterocycles. The molecule has 5 heteroatoms. The van der Waals surface area contributed by atoms with Crippen LogP contribution in [0.3, 0.4) is 0 Å². The first-order chi connectivity index (χ1) is 5.81. The van der Waals surface area contributed by atoms with Crippen molar-refractivity contribution >= 4 is 21.6 Å². The normalized spacial score (nSPS) is 10.8. The van der Waals surface area contributed by atoms with Crippen LogP contribution in [0.15, 0.2) is 17.0 Å². The van der Waals surface area contributed by atoms with Crippen molar-refractivity contribution in [1.82, 2.24) is 19.6 Å². The van der Waals surface area contributed by atoms with Gasteiger partial charge in [0, 0.05) is 6.42 Å².